The van der Waals surface area contributed by atoms with Crippen LogP contribution in [0.15, 0.2) is 18.2 Å². The van der Waals surface area contributed by atoms with Gasteiger partial charge in [0.05, 0.1) is 0 Å². The Labute approximate surface area is 108 Å². The van der Waals surface area contributed by atoms with E-state index in [1.54, 1.807) is 0 Å². The third kappa shape index (κ3) is 3.27. The SMILES string of the molecule is CCC(CC)N(C)C(CN)c1cc(F)ccc1F. The maximum absolute atomic E-state index is 13.8. The molecule has 0 heterocycles. The average Bonchev–Trinajstić information content (AvgIpc) is 2.36. The molecule has 0 aromatic heterocycles. The highest BCUT2D eigenvalue weighted by atomic mass is 19.1. The van der Waals surface area contributed by atoms with Crippen molar-refractivity contribution in [2.75, 3.05) is 13.6 Å². The summed E-state index contributed by atoms with van der Waals surface area (Å²) in [5.41, 5.74) is 6.08. The molecule has 0 amide bonds. The molecular formula is C14H22F2N2. The van der Waals surface area contributed by atoms with Crippen molar-refractivity contribution in [2.45, 2.75) is 38.8 Å². The second-order valence-electron chi connectivity index (χ2n) is 4.55. The van der Waals surface area contributed by atoms with Crippen molar-refractivity contribution in [3.05, 3.63) is 35.4 Å². The quantitative estimate of drug-likeness (QED) is 0.847. The Kier molecular flexibility index (Phi) is 5.69. The van der Waals surface area contributed by atoms with Gasteiger partial charge in [-0.1, -0.05) is 13.8 Å². The summed E-state index contributed by atoms with van der Waals surface area (Å²) < 4.78 is 27.0. The zero-order chi connectivity index (χ0) is 13.7. The number of halogens is 2. The zero-order valence-corrected chi connectivity index (χ0v) is 11.3. The molecule has 1 rings (SSSR count). The molecule has 0 spiro atoms. The van der Waals surface area contributed by atoms with Gasteiger partial charge in [0.1, 0.15) is 11.6 Å². The normalized spacial score (nSPS) is 13.3. The van der Waals surface area contributed by atoms with Gasteiger partial charge in [-0.25, -0.2) is 8.78 Å². The standard InChI is InChI=1S/C14H22F2N2/c1-4-11(5-2)18(3)14(9-17)12-8-10(15)6-7-13(12)16/h6-8,11,14H,4-5,9,17H2,1-3H3. The molecule has 0 fully saturated rings. The summed E-state index contributed by atoms with van der Waals surface area (Å²) in [6.07, 6.45) is 1.92. The average molecular weight is 256 g/mol. The Morgan fingerprint density at radius 1 is 1.22 bits per heavy atom. The van der Waals surface area contributed by atoms with Gasteiger partial charge >= 0.3 is 0 Å². The number of hydrogen-bond donors (Lipinski definition) is 1. The lowest BCUT2D eigenvalue weighted by Crippen LogP contribution is -2.38. The molecule has 102 valence electrons. The lowest BCUT2D eigenvalue weighted by molar-refractivity contribution is 0.164. The first kappa shape index (κ1) is 15.1. The molecule has 2 nitrogen and oxygen atoms in total. The highest BCUT2D eigenvalue weighted by molar-refractivity contribution is 5.23. The minimum absolute atomic E-state index is 0.271. The van der Waals surface area contributed by atoms with Gasteiger partial charge in [0.15, 0.2) is 0 Å². The van der Waals surface area contributed by atoms with Crippen LogP contribution in [0.25, 0.3) is 0 Å². The fraction of sp³-hybridized carbons (Fsp3) is 0.571. The molecule has 1 unspecified atom stereocenters. The maximum atomic E-state index is 13.8. The highest BCUT2D eigenvalue weighted by Crippen LogP contribution is 2.25. The number of hydrogen-bond acceptors (Lipinski definition) is 2. The minimum Gasteiger partial charge on any atom is -0.329 e. The fourth-order valence-electron chi connectivity index (χ4n) is 2.40. The van der Waals surface area contributed by atoms with E-state index >= 15 is 0 Å². The molecule has 1 aromatic carbocycles. The molecule has 0 aliphatic carbocycles. The summed E-state index contributed by atoms with van der Waals surface area (Å²) >= 11 is 0. The van der Waals surface area contributed by atoms with Crippen LogP contribution in [0.3, 0.4) is 0 Å². The van der Waals surface area contributed by atoms with E-state index in [9.17, 15) is 8.78 Å². The van der Waals surface area contributed by atoms with Crippen LogP contribution in [0.4, 0.5) is 8.78 Å². The van der Waals surface area contributed by atoms with Gasteiger partial charge in [-0.3, -0.25) is 4.90 Å². The molecule has 0 radical (unpaired) electrons. The van der Waals surface area contributed by atoms with Crippen LogP contribution in [-0.4, -0.2) is 24.5 Å². The van der Waals surface area contributed by atoms with Gasteiger partial charge in [0.2, 0.25) is 0 Å². The molecule has 0 saturated heterocycles. The molecule has 1 atom stereocenters. The van der Waals surface area contributed by atoms with Gasteiger partial charge in [0, 0.05) is 24.2 Å². The van der Waals surface area contributed by atoms with E-state index in [0.29, 0.717) is 11.6 Å². The largest absolute Gasteiger partial charge is 0.329 e. The third-order valence-corrected chi connectivity index (χ3v) is 3.55. The van der Waals surface area contributed by atoms with Gasteiger partial charge in [0.25, 0.3) is 0 Å². The van der Waals surface area contributed by atoms with Crippen molar-refractivity contribution in [2.24, 2.45) is 5.73 Å². The zero-order valence-electron chi connectivity index (χ0n) is 11.3. The van der Waals surface area contributed by atoms with E-state index in [2.05, 4.69) is 13.8 Å². The summed E-state index contributed by atoms with van der Waals surface area (Å²) in [5.74, 6) is -0.826. The molecular weight excluding hydrogens is 234 g/mol. The van der Waals surface area contributed by atoms with Gasteiger partial charge in [-0.2, -0.15) is 0 Å². The topological polar surface area (TPSA) is 29.3 Å². The van der Waals surface area contributed by atoms with Crippen LogP contribution >= 0.6 is 0 Å². The van der Waals surface area contributed by atoms with Crippen LogP contribution in [0, 0.1) is 11.6 Å². The predicted molar refractivity (Wildman–Crippen MR) is 70.3 cm³/mol. The lowest BCUT2D eigenvalue weighted by Gasteiger charge is -2.34. The smallest absolute Gasteiger partial charge is 0.128 e. The van der Waals surface area contributed by atoms with Crippen LogP contribution in [-0.2, 0) is 0 Å². The molecule has 0 aliphatic heterocycles. The number of nitrogens with two attached hydrogens (primary N) is 1. The van der Waals surface area contributed by atoms with Crippen LogP contribution in [0.5, 0.6) is 0 Å². The minimum atomic E-state index is -0.428. The van der Waals surface area contributed by atoms with E-state index < -0.39 is 11.6 Å². The first-order valence-electron chi connectivity index (χ1n) is 6.42. The van der Waals surface area contributed by atoms with E-state index in [4.69, 9.17) is 5.73 Å². The predicted octanol–water partition coefficient (Wildman–Crippen LogP) is 3.09. The van der Waals surface area contributed by atoms with E-state index in [-0.39, 0.29) is 12.6 Å². The molecule has 1 aromatic rings. The number of nitrogens with zero attached hydrogens (tertiary/aromatic N) is 1. The van der Waals surface area contributed by atoms with Crippen molar-refractivity contribution < 1.29 is 8.78 Å². The van der Waals surface area contributed by atoms with Crippen LogP contribution in [0.2, 0.25) is 0 Å². The first-order valence-corrected chi connectivity index (χ1v) is 6.42. The third-order valence-electron chi connectivity index (χ3n) is 3.55. The van der Waals surface area contributed by atoms with E-state index in [1.807, 2.05) is 11.9 Å². The molecule has 4 heteroatoms. The molecule has 18 heavy (non-hydrogen) atoms. The van der Waals surface area contributed by atoms with Crippen molar-refractivity contribution in [3.8, 4) is 0 Å². The first-order chi connectivity index (χ1) is 8.54. The van der Waals surface area contributed by atoms with Crippen molar-refractivity contribution >= 4 is 0 Å². The Bertz CT molecular complexity index is 378. The van der Waals surface area contributed by atoms with Gasteiger partial charge < -0.3 is 5.73 Å². The molecule has 0 aliphatic rings. The number of rotatable bonds is 6. The second-order valence-corrected chi connectivity index (χ2v) is 4.55. The monoisotopic (exact) mass is 256 g/mol. The molecule has 0 saturated carbocycles. The summed E-state index contributed by atoms with van der Waals surface area (Å²) in [5, 5.41) is 0. The van der Waals surface area contributed by atoms with Crippen molar-refractivity contribution in [3.63, 3.8) is 0 Å². The summed E-state index contributed by atoms with van der Waals surface area (Å²) in [6.45, 7) is 4.44. The van der Waals surface area contributed by atoms with Gasteiger partial charge in [-0.05, 0) is 38.1 Å². The Balaban J connectivity index is 3.05. The Morgan fingerprint density at radius 3 is 2.33 bits per heavy atom. The van der Waals surface area contributed by atoms with Crippen LogP contribution < -0.4 is 5.73 Å². The number of likely N-dealkylation sites (N-methyl/N-ethyl adjacent to an activating group) is 1. The van der Waals surface area contributed by atoms with Crippen molar-refractivity contribution in [1.29, 1.82) is 0 Å². The second kappa shape index (κ2) is 6.81. The Hall–Kier alpha value is -1.00. The Morgan fingerprint density at radius 2 is 1.83 bits per heavy atom. The van der Waals surface area contributed by atoms with E-state index in [1.165, 1.54) is 6.07 Å². The summed E-state index contributed by atoms with van der Waals surface area (Å²) in [6, 6.07) is 3.57. The summed E-state index contributed by atoms with van der Waals surface area (Å²) in [4.78, 5) is 2.04. The van der Waals surface area contributed by atoms with Crippen LogP contribution in [0.1, 0.15) is 38.3 Å². The fourth-order valence-corrected chi connectivity index (χ4v) is 2.40. The maximum Gasteiger partial charge on any atom is 0.128 e. The summed E-state index contributed by atoms with van der Waals surface area (Å²) in [7, 11) is 1.92. The van der Waals surface area contributed by atoms with E-state index in [0.717, 1.165) is 25.0 Å². The van der Waals surface area contributed by atoms with Gasteiger partial charge in [-0.15, -0.1) is 0 Å². The van der Waals surface area contributed by atoms with Crippen molar-refractivity contribution in [1.82, 2.24) is 4.90 Å². The molecule has 0 bridgehead atoms. The molecule has 2 N–H and O–H groups in total. The number of benzene rings is 1. The highest BCUT2D eigenvalue weighted by Gasteiger charge is 2.23. The lowest BCUT2D eigenvalue weighted by atomic mass is 10.0.